The van der Waals surface area contributed by atoms with Gasteiger partial charge in [0.1, 0.15) is 12.6 Å². The number of sulfonamides is 1. The first-order valence-electron chi connectivity index (χ1n) is 14.4. The van der Waals surface area contributed by atoms with E-state index in [9.17, 15) is 18.0 Å². The van der Waals surface area contributed by atoms with Crippen molar-refractivity contribution in [3.8, 4) is 0 Å². The Kier molecular flexibility index (Phi) is 11.9. The van der Waals surface area contributed by atoms with Crippen molar-refractivity contribution in [2.45, 2.75) is 50.2 Å². The normalized spacial score (nSPS) is 12.6. The number of anilines is 1. The first-order chi connectivity index (χ1) is 21.5. The van der Waals surface area contributed by atoms with Crippen molar-refractivity contribution in [2.75, 3.05) is 10.8 Å². The van der Waals surface area contributed by atoms with E-state index in [1.54, 1.807) is 42.5 Å². The molecule has 0 heterocycles. The van der Waals surface area contributed by atoms with E-state index in [1.807, 2.05) is 44.2 Å². The summed E-state index contributed by atoms with van der Waals surface area (Å²) in [5.41, 5.74) is 1.62. The summed E-state index contributed by atoms with van der Waals surface area (Å²) >= 11 is 18.9. The van der Waals surface area contributed by atoms with Crippen LogP contribution in [0.1, 0.15) is 31.4 Å². The number of carbonyl (C=O) groups is 2. The molecule has 45 heavy (non-hydrogen) atoms. The van der Waals surface area contributed by atoms with Crippen LogP contribution in [0.25, 0.3) is 0 Å². The molecule has 0 saturated carbocycles. The minimum Gasteiger partial charge on any atom is -0.352 e. The van der Waals surface area contributed by atoms with Gasteiger partial charge in [-0.15, -0.1) is 0 Å². The molecule has 11 heteroatoms. The van der Waals surface area contributed by atoms with Gasteiger partial charge in [-0.1, -0.05) is 102 Å². The SMILES string of the molecule is CC[C@H](C)NC(=O)[C@@H](Cc1ccccc1)N(Cc1cccc(Cl)c1)C(=O)CN(c1cc(Cl)cc(Cl)c1)S(=O)(=O)c1ccccc1. The molecule has 4 aromatic carbocycles. The van der Waals surface area contributed by atoms with Crippen molar-refractivity contribution in [3.63, 3.8) is 0 Å². The van der Waals surface area contributed by atoms with Crippen LogP contribution in [0.5, 0.6) is 0 Å². The predicted octanol–water partition coefficient (Wildman–Crippen LogP) is 7.40. The highest BCUT2D eigenvalue weighted by atomic mass is 35.5. The lowest BCUT2D eigenvalue weighted by molar-refractivity contribution is -0.140. The van der Waals surface area contributed by atoms with Gasteiger partial charge in [0.2, 0.25) is 11.8 Å². The van der Waals surface area contributed by atoms with Crippen molar-refractivity contribution in [1.29, 1.82) is 0 Å². The molecular formula is C34H34Cl3N3O4S. The van der Waals surface area contributed by atoms with Gasteiger partial charge in [-0.25, -0.2) is 8.42 Å². The summed E-state index contributed by atoms with van der Waals surface area (Å²) in [5.74, 6) is -0.961. The molecule has 0 aliphatic carbocycles. The lowest BCUT2D eigenvalue weighted by Crippen LogP contribution is -2.54. The second-order valence-electron chi connectivity index (χ2n) is 10.6. The van der Waals surface area contributed by atoms with Gasteiger partial charge in [-0.3, -0.25) is 13.9 Å². The van der Waals surface area contributed by atoms with Crippen LogP contribution in [0, 0.1) is 0 Å². The molecule has 4 rings (SSSR count). The van der Waals surface area contributed by atoms with E-state index in [4.69, 9.17) is 34.8 Å². The highest BCUT2D eigenvalue weighted by Crippen LogP contribution is 2.30. The fourth-order valence-electron chi connectivity index (χ4n) is 4.76. The van der Waals surface area contributed by atoms with Gasteiger partial charge >= 0.3 is 0 Å². The van der Waals surface area contributed by atoms with Crippen LogP contribution in [-0.4, -0.2) is 43.8 Å². The third-order valence-electron chi connectivity index (χ3n) is 7.26. The molecule has 0 spiro atoms. The molecule has 0 aliphatic rings. The number of benzene rings is 4. The topological polar surface area (TPSA) is 86.8 Å². The Labute approximate surface area is 279 Å². The molecule has 0 aromatic heterocycles. The Balaban J connectivity index is 1.83. The molecule has 0 fully saturated rings. The number of nitrogens with zero attached hydrogens (tertiary/aromatic N) is 2. The number of amides is 2. The van der Waals surface area contributed by atoms with Crippen LogP contribution in [0.15, 0.2) is 108 Å². The summed E-state index contributed by atoms with van der Waals surface area (Å²) in [5, 5.41) is 3.87. The fourth-order valence-corrected chi connectivity index (χ4v) is 6.91. The van der Waals surface area contributed by atoms with Gasteiger partial charge in [0.25, 0.3) is 10.0 Å². The van der Waals surface area contributed by atoms with Crippen LogP contribution in [0.4, 0.5) is 5.69 Å². The van der Waals surface area contributed by atoms with E-state index in [0.29, 0.717) is 17.0 Å². The lowest BCUT2D eigenvalue weighted by atomic mass is 10.0. The third kappa shape index (κ3) is 9.23. The summed E-state index contributed by atoms with van der Waals surface area (Å²) in [7, 11) is -4.28. The number of hydrogen-bond donors (Lipinski definition) is 1. The van der Waals surface area contributed by atoms with Crippen molar-refractivity contribution in [1.82, 2.24) is 10.2 Å². The van der Waals surface area contributed by atoms with Crippen LogP contribution in [-0.2, 0) is 32.6 Å². The molecular weight excluding hydrogens is 653 g/mol. The Morgan fingerprint density at radius 2 is 1.38 bits per heavy atom. The number of hydrogen-bond acceptors (Lipinski definition) is 4. The summed E-state index contributed by atoms with van der Waals surface area (Å²) in [6.07, 6.45) is 0.883. The zero-order valence-electron chi connectivity index (χ0n) is 24.9. The zero-order chi connectivity index (χ0) is 32.6. The van der Waals surface area contributed by atoms with Gasteiger partial charge in [0.05, 0.1) is 10.6 Å². The average molecular weight is 687 g/mol. The fraction of sp³-hybridized carbons (Fsp3) is 0.235. The Hall–Kier alpha value is -3.56. The van der Waals surface area contributed by atoms with Crippen molar-refractivity contribution >= 4 is 62.3 Å². The second kappa shape index (κ2) is 15.6. The summed E-state index contributed by atoms with van der Waals surface area (Å²) in [4.78, 5) is 29.8. The van der Waals surface area contributed by atoms with Crippen LogP contribution < -0.4 is 9.62 Å². The van der Waals surface area contributed by atoms with Crippen LogP contribution in [0.2, 0.25) is 15.1 Å². The minimum absolute atomic E-state index is 0.000343. The molecule has 0 radical (unpaired) electrons. The predicted molar refractivity (Wildman–Crippen MR) is 181 cm³/mol. The van der Waals surface area contributed by atoms with E-state index < -0.39 is 28.5 Å². The van der Waals surface area contributed by atoms with E-state index in [1.165, 1.54) is 35.2 Å². The minimum atomic E-state index is -4.28. The first kappa shape index (κ1) is 34.3. The zero-order valence-corrected chi connectivity index (χ0v) is 28.0. The third-order valence-corrected chi connectivity index (χ3v) is 9.72. The Bertz CT molecular complexity index is 1700. The van der Waals surface area contributed by atoms with Gasteiger partial charge in [-0.2, -0.15) is 0 Å². The van der Waals surface area contributed by atoms with E-state index in [2.05, 4.69) is 5.32 Å². The summed E-state index contributed by atoms with van der Waals surface area (Å²) < 4.78 is 29.1. The van der Waals surface area contributed by atoms with E-state index >= 15 is 0 Å². The monoisotopic (exact) mass is 685 g/mol. The van der Waals surface area contributed by atoms with Gasteiger partial charge in [0.15, 0.2) is 0 Å². The standard InChI is InChI=1S/C34H34Cl3N3O4S/c1-3-24(2)38-34(42)32(18-25-11-6-4-7-12-25)39(22-26-13-10-14-27(35)17-26)33(41)23-40(30-20-28(36)19-29(37)21-30)45(43,44)31-15-8-5-9-16-31/h4-17,19-21,24,32H,3,18,22-23H2,1-2H3,(H,38,42)/t24-,32+/m0/s1. The summed E-state index contributed by atoms with van der Waals surface area (Å²) in [6.45, 7) is 3.21. The lowest BCUT2D eigenvalue weighted by Gasteiger charge is -2.34. The molecule has 7 nitrogen and oxygen atoms in total. The Morgan fingerprint density at radius 1 is 0.778 bits per heavy atom. The molecule has 2 atom stereocenters. The van der Waals surface area contributed by atoms with Gasteiger partial charge < -0.3 is 10.2 Å². The molecule has 0 bridgehead atoms. The molecule has 236 valence electrons. The maximum Gasteiger partial charge on any atom is 0.264 e. The maximum absolute atomic E-state index is 14.5. The van der Waals surface area contributed by atoms with E-state index in [0.717, 1.165) is 9.87 Å². The van der Waals surface area contributed by atoms with E-state index in [-0.39, 0.29) is 45.5 Å². The molecule has 0 unspecified atom stereocenters. The van der Waals surface area contributed by atoms with Crippen molar-refractivity contribution < 1.29 is 18.0 Å². The average Bonchev–Trinajstić information content (AvgIpc) is 3.01. The first-order valence-corrected chi connectivity index (χ1v) is 17.0. The quantitative estimate of drug-likeness (QED) is 0.159. The molecule has 1 N–H and O–H groups in total. The maximum atomic E-state index is 14.5. The highest BCUT2D eigenvalue weighted by molar-refractivity contribution is 7.92. The van der Waals surface area contributed by atoms with Crippen molar-refractivity contribution in [3.05, 3.63) is 129 Å². The van der Waals surface area contributed by atoms with Crippen LogP contribution in [0.3, 0.4) is 0 Å². The number of carbonyl (C=O) groups excluding carboxylic acids is 2. The Morgan fingerprint density at radius 3 is 1.98 bits per heavy atom. The highest BCUT2D eigenvalue weighted by Gasteiger charge is 2.35. The summed E-state index contributed by atoms with van der Waals surface area (Å²) in [6, 6.07) is 27.3. The number of rotatable bonds is 13. The number of halogens is 3. The van der Waals surface area contributed by atoms with Gasteiger partial charge in [-0.05, 0) is 66.9 Å². The van der Waals surface area contributed by atoms with Crippen molar-refractivity contribution in [2.24, 2.45) is 0 Å². The molecule has 0 aliphatic heterocycles. The van der Waals surface area contributed by atoms with Gasteiger partial charge in [0, 0.05) is 34.1 Å². The number of nitrogens with one attached hydrogen (secondary N) is 1. The molecule has 2 amide bonds. The molecule has 4 aromatic rings. The van der Waals surface area contributed by atoms with Crippen LogP contribution >= 0.6 is 34.8 Å². The smallest absolute Gasteiger partial charge is 0.264 e. The largest absolute Gasteiger partial charge is 0.352 e. The second-order valence-corrected chi connectivity index (χ2v) is 13.8. The molecule has 0 saturated heterocycles.